The topological polar surface area (TPSA) is 58.4 Å². The van der Waals surface area contributed by atoms with Gasteiger partial charge in [0.05, 0.1) is 0 Å². The highest BCUT2D eigenvalue weighted by atomic mass is 16.1. The highest BCUT2D eigenvalue weighted by Crippen LogP contribution is 1.86. The van der Waals surface area contributed by atoms with Gasteiger partial charge in [-0.3, -0.25) is 15.0 Å². The van der Waals surface area contributed by atoms with Crippen LogP contribution in [0.2, 0.25) is 0 Å². The van der Waals surface area contributed by atoms with Gasteiger partial charge in [-0.2, -0.15) is 0 Å². The summed E-state index contributed by atoms with van der Waals surface area (Å²) in [5.74, 6) is -0.330. The molecule has 1 unspecified atom stereocenters. The third-order valence-corrected chi connectivity index (χ3v) is 1.37. The number of nitrogens with two attached hydrogens (primary N) is 1. The van der Waals surface area contributed by atoms with Gasteiger partial charge in [0.25, 0.3) is 0 Å². The molecule has 1 amide bonds. The van der Waals surface area contributed by atoms with E-state index in [1.807, 2.05) is 21.0 Å². The first-order valence-corrected chi connectivity index (χ1v) is 3.78. The van der Waals surface area contributed by atoms with E-state index in [2.05, 4.69) is 5.32 Å². The Bertz CT molecular complexity index is 125. The van der Waals surface area contributed by atoms with Crippen LogP contribution in [0.5, 0.6) is 0 Å². The summed E-state index contributed by atoms with van der Waals surface area (Å²) in [5.41, 5.74) is 5.14. The third-order valence-electron chi connectivity index (χ3n) is 1.37. The van der Waals surface area contributed by atoms with Crippen molar-refractivity contribution in [3.8, 4) is 0 Å². The van der Waals surface area contributed by atoms with E-state index in [-0.39, 0.29) is 12.1 Å². The van der Waals surface area contributed by atoms with Gasteiger partial charge in [0.2, 0.25) is 5.91 Å². The summed E-state index contributed by atoms with van der Waals surface area (Å²) in [5, 5.41) is 3.02. The van der Waals surface area contributed by atoms with Crippen LogP contribution in [0.4, 0.5) is 0 Å². The first kappa shape index (κ1) is 10.4. The van der Waals surface area contributed by atoms with Gasteiger partial charge in [0.15, 0.2) is 0 Å². The van der Waals surface area contributed by atoms with Crippen molar-refractivity contribution in [1.82, 2.24) is 10.2 Å². The van der Waals surface area contributed by atoms with Gasteiger partial charge in [-0.1, -0.05) is 6.92 Å². The summed E-state index contributed by atoms with van der Waals surface area (Å²) < 4.78 is 0. The Hall–Kier alpha value is -0.610. The van der Waals surface area contributed by atoms with Crippen LogP contribution in [0.3, 0.4) is 0 Å². The maximum absolute atomic E-state index is 10.8. The Balaban J connectivity index is 3.80. The molecule has 4 heteroatoms. The minimum Gasteiger partial charge on any atom is -0.367 e. The number of amides is 1. The highest BCUT2D eigenvalue weighted by Gasteiger charge is 2.15. The summed E-state index contributed by atoms with van der Waals surface area (Å²) in [6.45, 7) is 2.85. The lowest BCUT2D eigenvalue weighted by molar-refractivity contribution is -0.123. The van der Waals surface area contributed by atoms with Crippen LogP contribution in [0.15, 0.2) is 0 Å². The molecule has 0 spiro atoms. The number of likely N-dealkylation sites (N-methyl/N-ethyl adjacent to an activating group) is 1. The van der Waals surface area contributed by atoms with Crippen LogP contribution in [-0.2, 0) is 4.79 Å². The molecule has 0 aliphatic heterocycles. The maximum atomic E-state index is 10.8. The molecule has 0 aromatic carbocycles. The molecule has 0 saturated carbocycles. The Kier molecular flexibility index (Phi) is 4.81. The lowest BCUT2D eigenvalue weighted by atomic mass is 10.4. The Labute approximate surface area is 67.7 Å². The number of hydrogen-bond acceptors (Lipinski definition) is 3. The van der Waals surface area contributed by atoms with Crippen molar-refractivity contribution in [1.29, 1.82) is 0 Å². The molecule has 0 saturated heterocycles. The van der Waals surface area contributed by atoms with E-state index in [1.165, 1.54) is 0 Å². The van der Waals surface area contributed by atoms with Gasteiger partial charge in [0, 0.05) is 0 Å². The van der Waals surface area contributed by atoms with Gasteiger partial charge < -0.3 is 5.73 Å². The van der Waals surface area contributed by atoms with Gasteiger partial charge in [-0.15, -0.1) is 0 Å². The Morgan fingerprint density at radius 2 is 2.18 bits per heavy atom. The van der Waals surface area contributed by atoms with E-state index in [0.29, 0.717) is 0 Å². The number of nitrogens with one attached hydrogen (secondary N) is 1. The SMILES string of the molecule is CCCNC(C(N)=O)N(C)C. The third kappa shape index (κ3) is 3.95. The van der Waals surface area contributed by atoms with Gasteiger partial charge in [-0.05, 0) is 27.1 Å². The number of nitrogens with zero attached hydrogens (tertiary/aromatic N) is 1. The van der Waals surface area contributed by atoms with Crippen molar-refractivity contribution in [3.63, 3.8) is 0 Å². The zero-order valence-corrected chi connectivity index (χ0v) is 7.42. The predicted octanol–water partition coefficient (Wildman–Crippen LogP) is -0.641. The van der Waals surface area contributed by atoms with Gasteiger partial charge in [-0.25, -0.2) is 0 Å². The molecular formula is C7H17N3O. The summed E-state index contributed by atoms with van der Waals surface area (Å²) in [7, 11) is 3.64. The number of primary amides is 1. The average molecular weight is 159 g/mol. The maximum Gasteiger partial charge on any atom is 0.249 e. The average Bonchev–Trinajstić information content (AvgIpc) is 1.87. The number of carbonyl (C=O) groups excluding carboxylic acids is 1. The lowest BCUT2D eigenvalue weighted by Gasteiger charge is -2.21. The van der Waals surface area contributed by atoms with Gasteiger partial charge in [0.1, 0.15) is 6.17 Å². The molecule has 0 heterocycles. The molecule has 0 aromatic heterocycles. The minimum atomic E-state index is -0.338. The van der Waals surface area contributed by atoms with Crippen LogP contribution in [0.1, 0.15) is 13.3 Å². The first-order valence-electron chi connectivity index (χ1n) is 3.78. The largest absolute Gasteiger partial charge is 0.367 e. The second-order valence-corrected chi connectivity index (χ2v) is 2.72. The number of carbonyl (C=O) groups is 1. The Morgan fingerprint density at radius 1 is 1.64 bits per heavy atom. The van der Waals surface area contributed by atoms with Crippen LogP contribution < -0.4 is 11.1 Å². The highest BCUT2D eigenvalue weighted by molar-refractivity contribution is 5.79. The van der Waals surface area contributed by atoms with E-state index in [9.17, 15) is 4.79 Å². The molecule has 66 valence electrons. The fraction of sp³-hybridized carbons (Fsp3) is 0.857. The normalized spacial score (nSPS) is 13.5. The molecule has 0 rings (SSSR count). The Morgan fingerprint density at radius 3 is 2.45 bits per heavy atom. The van der Waals surface area contributed by atoms with E-state index < -0.39 is 0 Å². The second kappa shape index (κ2) is 5.09. The van der Waals surface area contributed by atoms with Crippen LogP contribution in [0.25, 0.3) is 0 Å². The predicted molar refractivity (Wildman–Crippen MR) is 45.0 cm³/mol. The van der Waals surface area contributed by atoms with E-state index in [0.717, 1.165) is 13.0 Å². The summed E-state index contributed by atoms with van der Waals surface area (Å²) in [6.07, 6.45) is 0.660. The molecule has 4 nitrogen and oxygen atoms in total. The zero-order valence-electron chi connectivity index (χ0n) is 7.42. The first-order chi connectivity index (χ1) is 5.09. The van der Waals surface area contributed by atoms with E-state index >= 15 is 0 Å². The van der Waals surface area contributed by atoms with Crippen molar-refractivity contribution in [3.05, 3.63) is 0 Å². The van der Waals surface area contributed by atoms with Crippen LogP contribution >= 0.6 is 0 Å². The molecular weight excluding hydrogens is 142 g/mol. The molecule has 0 aliphatic carbocycles. The molecule has 1 atom stereocenters. The standard InChI is InChI=1S/C7H17N3O/c1-4-5-9-7(6(8)11)10(2)3/h7,9H,4-5H2,1-3H3,(H2,8,11). The summed E-state index contributed by atoms with van der Waals surface area (Å²) in [6, 6.07) is 0. The molecule has 0 radical (unpaired) electrons. The van der Waals surface area contributed by atoms with Crippen molar-refractivity contribution in [2.24, 2.45) is 5.73 Å². The molecule has 0 aliphatic rings. The summed E-state index contributed by atoms with van der Waals surface area (Å²) in [4.78, 5) is 12.5. The van der Waals surface area contributed by atoms with Crippen molar-refractivity contribution < 1.29 is 4.79 Å². The number of rotatable bonds is 5. The van der Waals surface area contributed by atoms with Crippen molar-refractivity contribution in [2.45, 2.75) is 19.5 Å². The van der Waals surface area contributed by atoms with E-state index in [4.69, 9.17) is 5.73 Å². The fourth-order valence-electron chi connectivity index (χ4n) is 0.819. The molecule has 3 N–H and O–H groups in total. The molecule has 0 bridgehead atoms. The van der Waals surface area contributed by atoms with Crippen LogP contribution in [0, 0.1) is 0 Å². The lowest BCUT2D eigenvalue weighted by Crippen LogP contribution is -2.50. The molecule has 11 heavy (non-hydrogen) atoms. The van der Waals surface area contributed by atoms with Crippen molar-refractivity contribution in [2.75, 3.05) is 20.6 Å². The zero-order chi connectivity index (χ0) is 8.85. The minimum absolute atomic E-state index is 0.330. The van der Waals surface area contributed by atoms with Gasteiger partial charge >= 0.3 is 0 Å². The van der Waals surface area contributed by atoms with Crippen LogP contribution in [-0.4, -0.2) is 37.6 Å². The fourth-order valence-corrected chi connectivity index (χ4v) is 0.819. The van der Waals surface area contributed by atoms with Crippen molar-refractivity contribution >= 4 is 5.91 Å². The smallest absolute Gasteiger partial charge is 0.249 e. The summed E-state index contributed by atoms with van der Waals surface area (Å²) >= 11 is 0. The quantitative estimate of drug-likeness (QED) is 0.525. The monoisotopic (exact) mass is 159 g/mol. The molecule has 0 aromatic rings. The number of hydrogen-bond donors (Lipinski definition) is 2. The van der Waals surface area contributed by atoms with E-state index in [1.54, 1.807) is 4.90 Å². The molecule has 0 fully saturated rings. The second-order valence-electron chi connectivity index (χ2n) is 2.72.